The molecule has 6 heteroatoms. The lowest BCUT2D eigenvalue weighted by atomic mass is 10.1. The van der Waals surface area contributed by atoms with E-state index in [1.165, 1.54) is 30.6 Å². The third-order valence-electron chi connectivity index (χ3n) is 3.28. The molecule has 1 unspecified atom stereocenters. The average molecular weight is 292 g/mol. The second-order valence-electron chi connectivity index (χ2n) is 5.04. The van der Waals surface area contributed by atoms with E-state index in [4.69, 9.17) is 12.2 Å². The van der Waals surface area contributed by atoms with Crippen molar-refractivity contribution in [2.75, 3.05) is 23.7 Å². The van der Waals surface area contributed by atoms with E-state index in [2.05, 4.69) is 21.1 Å². The molecule has 0 aliphatic carbocycles. The third-order valence-corrected chi connectivity index (χ3v) is 4.41. The first-order chi connectivity index (χ1) is 9.61. The summed E-state index contributed by atoms with van der Waals surface area (Å²) in [6, 6.07) is -0.0626. The van der Waals surface area contributed by atoms with Crippen LogP contribution in [0.1, 0.15) is 42.3 Å². The van der Waals surface area contributed by atoms with Gasteiger partial charge < -0.3 is 16.0 Å². The van der Waals surface area contributed by atoms with Crippen LogP contribution in [0.3, 0.4) is 0 Å². The van der Waals surface area contributed by atoms with Crippen LogP contribution in [0.4, 0.5) is 10.9 Å². The van der Waals surface area contributed by atoms with Gasteiger partial charge in [0.05, 0.1) is 0 Å². The van der Waals surface area contributed by atoms with Crippen LogP contribution >= 0.6 is 11.3 Å². The predicted octanol–water partition coefficient (Wildman–Crippen LogP) is 1.86. The molecule has 0 bridgehead atoms. The Balaban J connectivity index is 2.06. The number of nitrogens with zero attached hydrogens (tertiary/aromatic N) is 2. The molecule has 0 saturated carbocycles. The Hall–Kier alpha value is -1.74. The van der Waals surface area contributed by atoms with E-state index in [-0.39, 0.29) is 11.9 Å². The molecule has 1 aliphatic rings. The van der Waals surface area contributed by atoms with Gasteiger partial charge in [-0.05, 0) is 26.2 Å². The lowest BCUT2D eigenvalue weighted by Gasteiger charge is -2.25. The average Bonchev–Trinajstić information content (AvgIpc) is 2.82. The molecule has 108 valence electrons. The quantitative estimate of drug-likeness (QED) is 0.831. The van der Waals surface area contributed by atoms with E-state index in [0.29, 0.717) is 17.1 Å². The van der Waals surface area contributed by atoms with Gasteiger partial charge in [0, 0.05) is 25.6 Å². The first-order valence-electron chi connectivity index (χ1n) is 6.87. The maximum Gasteiger partial charge on any atom is 0.265 e. The minimum Gasteiger partial charge on any atom is -0.382 e. The normalized spacial score (nSPS) is 16.5. The van der Waals surface area contributed by atoms with Gasteiger partial charge in [-0.25, -0.2) is 4.98 Å². The molecule has 3 N–H and O–H groups in total. The summed E-state index contributed by atoms with van der Waals surface area (Å²) in [5, 5.41) is 3.69. The molecule has 0 spiro atoms. The molecule has 2 rings (SSSR count). The van der Waals surface area contributed by atoms with Crippen molar-refractivity contribution in [1.82, 2.24) is 10.3 Å². The number of carbonyl (C=O) groups is 1. The van der Waals surface area contributed by atoms with Crippen LogP contribution in [0.15, 0.2) is 0 Å². The highest BCUT2D eigenvalue weighted by atomic mass is 32.1. The molecule has 1 aromatic heterocycles. The Bertz CT molecular complexity index is 514. The van der Waals surface area contributed by atoms with E-state index in [9.17, 15) is 4.79 Å². The fourth-order valence-corrected chi connectivity index (χ4v) is 3.16. The number of aromatic nitrogens is 1. The number of nitrogens with one attached hydrogen (secondary N) is 1. The van der Waals surface area contributed by atoms with Gasteiger partial charge in [-0.1, -0.05) is 11.3 Å². The molecular weight excluding hydrogens is 272 g/mol. The number of piperidine rings is 1. The summed E-state index contributed by atoms with van der Waals surface area (Å²) in [5.41, 5.74) is 5.87. The van der Waals surface area contributed by atoms with E-state index in [1.807, 2.05) is 6.92 Å². The summed E-state index contributed by atoms with van der Waals surface area (Å²) in [6.07, 6.45) is 9.33. The van der Waals surface area contributed by atoms with Gasteiger partial charge in [0.15, 0.2) is 5.13 Å². The maximum atomic E-state index is 12.1. The number of hydrogen-bond donors (Lipinski definition) is 2. The second-order valence-corrected chi connectivity index (χ2v) is 6.02. The number of rotatable bonds is 4. The van der Waals surface area contributed by atoms with Gasteiger partial charge >= 0.3 is 0 Å². The molecule has 0 radical (unpaired) electrons. The largest absolute Gasteiger partial charge is 0.382 e. The van der Waals surface area contributed by atoms with Gasteiger partial charge in [-0.15, -0.1) is 12.3 Å². The number of carbonyl (C=O) groups excluding carboxylic acids is 1. The van der Waals surface area contributed by atoms with E-state index in [1.54, 1.807) is 0 Å². The van der Waals surface area contributed by atoms with Gasteiger partial charge in [-0.3, -0.25) is 4.79 Å². The van der Waals surface area contributed by atoms with Crippen molar-refractivity contribution in [2.45, 2.75) is 38.6 Å². The van der Waals surface area contributed by atoms with Crippen molar-refractivity contribution in [2.24, 2.45) is 0 Å². The highest BCUT2D eigenvalue weighted by Gasteiger charge is 2.21. The van der Waals surface area contributed by atoms with Crippen LogP contribution in [0, 0.1) is 12.3 Å². The highest BCUT2D eigenvalue weighted by Crippen LogP contribution is 2.30. The molecule has 1 fully saturated rings. The molecule has 1 saturated heterocycles. The lowest BCUT2D eigenvalue weighted by Crippen LogP contribution is -2.32. The van der Waals surface area contributed by atoms with Crippen LogP contribution in [-0.4, -0.2) is 30.0 Å². The molecule has 5 nitrogen and oxygen atoms in total. The number of terminal acetylenes is 1. The summed E-state index contributed by atoms with van der Waals surface area (Å²) in [4.78, 5) is 19.2. The van der Waals surface area contributed by atoms with Gasteiger partial charge in [0.2, 0.25) is 0 Å². The minimum atomic E-state index is -0.189. The Morgan fingerprint density at radius 2 is 2.25 bits per heavy atom. The van der Waals surface area contributed by atoms with Crippen LogP contribution in [-0.2, 0) is 0 Å². The SMILES string of the molecule is C#CCC(C)NC(=O)c1sc(N2CCCCC2)nc1N. The smallest absolute Gasteiger partial charge is 0.265 e. The first-order valence-corrected chi connectivity index (χ1v) is 7.69. The Morgan fingerprint density at radius 3 is 2.90 bits per heavy atom. The molecule has 1 amide bonds. The van der Waals surface area contributed by atoms with Crippen molar-refractivity contribution in [3.8, 4) is 12.3 Å². The second kappa shape index (κ2) is 6.62. The molecule has 1 atom stereocenters. The topological polar surface area (TPSA) is 71.2 Å². The summed E-state index contributed by atoms with van der Waals surface area (Å²) in [6.45, 7) is 3.85. The number of thiazole rings is 1. The molecule has 1 aromatic rings. The summed E-state index contributed by atoms with van der Waals surface area (Å²) in [7, 11) is 0. The third kappa shape index (κ3) is 3.42. The van der Waals surface area contributed by atoms with Crippen molar-refractivity contribution in [1.29, 1.82) is 0 Å². The number of amides is 1. The Kier molecular flexibility index (Phi) is 4.85. The van der Waals surface area contributed by atoms with Gasteiger partial charge in [0.25, 0.3) is 5.91 Å². The predicted molar refractivity (Wildman–Crippen MR) is 83.0 cm³/mol. The zero-order chi connectivity index (χ0) is 14.5. The van der Waals surface area contributed by atoms with Gasteiger partial charge in [0.1, 0.15) is 10.7 Å². The van der Waals surface area contributed by atoms with Crippen LogP contribution < -0.4 is 16.0 Å². The number of nitrogen functional groups attached to an aromatic ring is 1. The van der Waals surface area contributed by atoms with Gasteiger partial charge in [-0.2, -0.15) is 0 Å². The lowest BCUT2D eigenvalue weighted by molar-refractivity contribution is 0.0945. The van der Waals surface area contributed by atoms with Crippen molar-refractivity contribution < 1.29 is 4.79 Å². The van der Waals surface area contributed by atoms with E-state index < -0.39 is 0 Å². The molecule has 0 aromatic carbocycles. The van der Waals surface area contributed by atoms with Crippen LogP contribution in [0.25, 0.3) is 0 Å². The van der Waals surface area contributed by atoms with E-state index in [0.717, 1.165) is 18.2 Å². The number of hydrogen-bond acceptors (Lipinski definition) is 5. The van der Waals surface area contributed by atoms with Crippen LogP contribution in [0.2, 0.25) is 0 Å². The number of nitrogens with two attached hydrogens (primary N) is 1. The van der Waals surface area contributed by atoms with Crippen molar-refractivity contribution in [3.05, 3.63) is 4.88 Å². The summed E-state index contributed by atoms with van der Waals surface area (Å²) < 4.78 is 0. The van der Waals surface area contributed by atoms with Crippen molar-refractivity contribution >= 4 is 28.2 Å². The molecule has 20 heavy (non-hydrogen) atoms. The van der Waals surface area contributed by atoms with Crippen LogP contribution in [0.5, 0.6) is 0 Å². The molecule has 2 heterocycles. The highest BCUT2D eigenvalue weighted by molar-refractivity contribution is 7.18. The zero-order valence-corrected chi connectivity index (χ0v) is 12.5. The number of anilines is 2. The Morgan fingerprint density at radius 1 is 1.55 bits per heavy atom. The maximum absolute atomic E-state index is 12.1. The standard InChI is InChI=1S/C14H20N4OS/c1-3-7-10(2)16-13(19)11-12(15)17-14(20-11)18-8-5-4-6-9-18/h1,10H,4-9,15H2,2H3,(H,16,19). The molecular formula is C14H20N4OS. The summed E-state index contributed by atoms with van der Waals surface area (Å²) >= 11 is 1.36. The monoisotopic (exact) mass is 292 g/mol. The minimum absolute atomic E-state index is 0.0626. The molecule has 1 aliphatic heterocycles. The first kappa shape index (κ1) is 14.7. The van der Waals surface area contributed by atoms with Crippen molar-refractivity contribution in [3.63, 3.8) is 0 Å². The fraction of sp³-hybridized carbons (Fsp3) is 0.571. The fourth-order valence-electron chi connectivity index (χ4n) is 2.22. The van der Waals surface area contributed by atoms with E-state index >= 15 is 0 Å². The summed E-state index contributed by atoms with van der Waals surface area (Å²) in [5.74, 6) is 2.65. The zero-order valence-electron chi connectivity index (χ0n) is 11.7. The Labute approximate surface area is 123 Å².